The molecule has 0 spiro atoms. The predicted molar refractivity (Wildman–Crippen MR) is 181 cm³/mol. The maximum absolute atomic E-state index is 14.2. The summed E-state index contributed by atoms with van der Waals surface area (Å²) in [4.78, 5) is 60.8. The summed E-state index contributed by atoms with van der Waals surface area (Å²) in [5.74, 6) is 1.96. The van der Waals surface area contributed by atoms with Crippen molar-refractivity contribution in [3.05, 3.63) is 89.5 Å². The van der Waals surface area contributed by atoms with Crippen LogP contribution in [0.5, 0.6) is 0 Å². The summed E-state index contributed by atoms with van der Waals surface area (Å²) >= 11 is 1.37. The molecule has 6 rings (SSSR count). The molecule has 5 amide bonds. The monoisotopic (exact) mass is 666 g/mol. The van der Waals surface area contributed by atoms with Gasteiger partial charge in [-0.15, -0.1) is 6.42 Å². The maximum Gasteiger partial charge on any atom is 0.411 e. The van der Waals surface area contributed by atoms with Crippen molar-refractivity contribution in [1.29, 1.82) is 0 Å². The van der Waals surface area contributed by atoms with Crippen LogP contribution in [0.3, 0.4) is 0 Å². The normalized spacial score (nSPS) is 17.6. The van der Waals surface area contributed by atoms with Crippen molar-refractivity contribution < 1.29 is 23.9 Å². The quantitative estimate of drug-likeness (QED) is 0.230. The number of rotatable bonds is 9. The molecule has 4 aromatic rings. The number of hydrazine groups is 1. The van der Waals surface area contributed by atoms with Gasteiger partial charge in [0.15, 0.2) is 5.13 Å². The number of piperazine rings is 1. The third-order valence-electron chi connectivity index (χ3n) is 8.29. The van der Waals surface area contributed by atoms with E-state index in [1.54, 1.807) is 39.1 Å². The van der Waals surface area contributed by atoms with Crippen molar-refractivity contribution in [1.82, 2.24) is 30.1 Å². The molecule has 0 aliphatic carbocycles. The standard InChI is InChI=1S/C34H34N8O5S/c1-3-16-40(33(45)36-2)41-20-29(43)42-26(17-22-12-14-25(15-13-22)37-34(46)47-21-23-8-5-4-6-9-23)31(44)39(19-28(41)42)18-24-10-7-11-27-30(24)38-32(35)48-27/h1,4-15,26,28H,16-21H2,2H3,(H2,35,38)(H,36,45)(H,37,46)/t26-,28+/m0/s1. The molecule has 2 fully saturated rings. The molecule has 0 bridgehead atoms. The minimum atomic E-state index is -0.868. The van der Waals surface area contributed by atoms with Crippen LogP contribution in [0, 0.1) is 12.3 Å². The third kappa shape index (κ3) is 6.73. The summed E-state index contributed by atoms with van der Waals surface area (Å²) in [5.41, 5.74) is 9.68. The van der Waals surface area contributed by atoms with Crippen molar-refractivity contribution >= 4 is 56.3 Å². The zero-order valence-electron chi connectivity index (χ0n) is 26.2. The highest BCUT2D eigenvalue weighted by molar-refractivity contribution is 7.22. The lowest BCUT2D eigenvalue weighted by Gasteiger charge is -2.46. The molecule has 246 valence electrons. The van der Waals surface area contributed by atoms with Gasteiger partial charge in [-0.2, -0.15) is 5.01 Å². The van der Waals surface area contributed by atoms with Gasteiger partial charge in [-0.25, -0.2) is 19.6 Å². The Balaban J connectivity index is 1.24. The molecule has 2 aliphatic rings. The van der Waals surface area contributed by atoms with E-state index >= 15 is 0 Å². The Labute approximate surface area is 281 Å². The summed E-state index contributed by atoms with van der Waals surface area (Å²) in [6.07, 6.45) is 4.56. The molecule has 0 radical (unpaired) electrons. The number of amides is 5. The SMILES string of the molecule is C#CCN(C(=O)NC)N1CC(=O)N2[C@@H](Cc3ccc(NC(=O)OCc4ccccc4)cc3)C(=O)N(Cc3cccc4sc(N)nc34)C[C@@H]21. The van der Waals surface area contributed by atoms with Crippen molar-refractivity contribution in [3.8, 4) is 12.3 Å². The van der Waals surface area contributed by atoms with Crippen molar-refractivity contribution in [2.45, 2.75) is 31.8 Å². The van der Waals surface area contributed by atoms with Crippen molar-refractivity contribution in [2.75, 3.05) is 37.7 Å². The number of hydrogen-bond donors (Lipinski definition) is 3. The molecule has 2 aliphatic heterocycles. The Kier molecular flexibility index (Phi) is 9.42. The third-order valence-corrected chi connectivity index (χ3v) is 9.14. The topological polar surface area (TPSA) is 153 Å². The smallest absolute Gasteiger partial charge is 0.411 e. The molecular formula is C34H34N8O5S. The molecule has 2 saturated heterocycles. The Morgan fingerprint density at radius 1 is 1.08 bits per heavy atom. The van der Waals surface area contributed by atoms with Gasteiger partial charge in [0.2, 0.25) is 11.8 Å². The van der Waals surface area contributed by atoms with Crippen molar-refractivity contribution in [2.24, 2.45) is 0 Å². The summed E-state index contributed by atoms with van der Waals surface area (Å²) in [6.45, 7) is 0.323. The number of fused-ring (bicyclic) bond motifs is 2. The first-order valence-electron chi connectivity index (χ1n) is 15.3. The van der Waals surface area contributed by atoms with Crippen LogP contribution >= 0.6 is 11.3 Å². The lowest BCUT2D eigenvalue weighted by molar-refractivity contribution is -0.157. The van der Waals surface area contributed by atoms with E-state index in [1.807, 2.05) is 48.5 Å². The van der Waals surface area contributed by atoms with Crippen LogP contribution in [0.15, 0.2) is 72.8 Å². The predicted octanol–water partition coefficient (Wildman–Crippen LogP) is 3.24. The number of anilines is 2. The number of benzene rings is 3. The largest absolute Gasteiger partial charge is 0.444 e. The number of para-hydroxylation sites is 1. The number of nitrogen functional groups attached to an aromatic ring is 1. The summed E-state index contributed by atoms with van der Waals surface area (Å²) in [7, 11) is 1.49. The number of nitrogens with two attached hydrogens (primary N) is 1. The van der Waals surface area contributed by atoms with Gasteiger partial charge >= 0.3 is 12.1 Å². The molecule has 2 atom stereocenters. The summed E-state index contributed by atoms with van der Waals surface area (Å²) in [5, 5.41) is 8.68. The van der Waals surface area contributed by atoms with E-state index in [1.165, 1.54) is 23.4 Å². The number of urea groups is 1. The number of ether oxygens (including phenoxy) is 1. The Bertz CT molecular complexity index is 1880. The Morgan fingerprint density at radius 3 is 2.58 bits per heavy atom. The second kappa shape index (κ2) is 14.0. The van der Waals surface area contributed by atoms with Crippen LogP contribution in [-0.2, 0) is 33.9 Å². The van der Waals surface area contributed by atoms with Gasteiger partial charge in [-0.05, 0) is 34.9 Å². The van der Waals surface area contributed by atoms with E-state index in [-0.39, 0.29) is 51.0 Å². The number of nitrogens with zero attached hydrogens (tertiary/aromatic N) is 5. The minimum absolute atomic E-state index is 0.0600. The molecule has 3 aromatic carbocycles. The highest BCUT2D eigenvalue weighted by Crippen LogP contribution is 2.32. The zero-order chi connectivity index (χ0) is 33.8. The molecule has 48 heavy (non-hydrogen) atoms. The first-order valence-corrected chi connectivity index (χ1v) is 16.1. The van der Waals surface area contributed by atoms with Crippen LogP contribution < -0.4 is 16.4 Å². The van der Waals surface area contributed by atoms with Gasteiger partial charge in [-0.1, -0.05) is 71.9 Å². The van der Waals surface area contributed by atoms with Gasteiger partial charge in [-0.3, -0.25) is 14.9 Å². The highest BCUT2D eigenvalue weighted by Gasteiger charge is 2.52. The lowest BCUT2D eigenvalue weighted by Crippen LogP contribution is -2.66. The molecular weight excluding hydrogens is 632 g/mol. The lowest BCUT2D eigenvalue weighted by atomic mass is 9.99. The van der Waals surface area contributed by atoms with Crippen LogP contribution in [0.25, 0.3) is 10.2 Å². The minimum Gasteiger partial charge on any atom is -0.444 e. The Hall–Kier alpha value is -5.65. The number of carbonyl (C=O) groups is 4. The first-order chi connectivity index (χ1) is 23.2. The number of carbonyl (C=O) groups excluding carboxylic acids is 4. The number of thiazole rings is 1. The van der Waals surface area contributed by atoms with Gasteiger partial charge in [0.25, 0.3) is 0 Å². The number of nitrogens with one attached hydrogen (secondary N) is 2. The van der Waals surface area contributed by atoms with E-state index in [9.17, 15) is 19.2 Å². The molecule has 1 aromatic heterocycles. The number of aromatic nitrogens is 1. The zero-order valence-corrected chi connectivity index (χ0v) is 27.0. The second-order valence-corrected chi connectivity index (χ2v) is 12.4. The highest BCUT2D eigenvalue weighted by atomic mass is 32.1. The van der Waals surface area contributed by atoms with Gasteiger partial charge in [0.05, 0.1) is 29.9 Å². The van der Waals surface area contributed by atoms with E-state index in [0.29, 0.717) is 10.8 Å². The van der Waals surface area contributed by atoms with Crippen LogP contribution in [-0.4, -0.2) is 87.6 Å². The van der Waals surface area contributed by atoms with Crippen LogP contribution in [0.1, 0.15) is 16.7 Å². The molecule has 0 saturated carbocycles. The molecule has 4 N–H and O–H groups in total. The van der Waals surface area contributed by atoms with E-state index in [2.05, 4.69) is 21.5 Å². The maximum atomic E-state index is 14.2. The fourth-order valence-electron chi connectivity index (χ4n) is 6.07. The molecule has 14 heteroatoms. The van der Waals surface area contributed by atoms with Gasteiger partial charge < -0.3 is 25.6 Å². The van der Waals surface area contributed by atoms with E-state index in [0.717, 1.165) is 26.9 Å². The van der Waals surface area contributed by atoms with Crippen molar-refractivity contribution in [3.63, 3.8) is 0 Å². The summed E-state index contributed by atoms with van der Waals surface area (Å²) in [6, 6.07) is 20.8. The Morgan fingerprint density at radius 2 is 1.85 bits per heavy atom. The number of terminal acetylenes is 1. The first kappa shape index (κ1) is 32.3. The summed E-state index contributed by atoms with van der Waals surface area (Å²) < 4.78 is 6.22. The fraction of sp³-hybridized carbons (Fsp3) is 0.265. The van der Waals surface area contributed by atoms with E-state index < -0.39 is 24.3 Å². The van der Waals surface area contributed by atoms with Gasteiger partial charge in [0.1, 0.15) is 18.8 Å². The molecule has 0 unspecified atom stereocenters. The van der Waals surface area contributed by atoms with Crippen LogP contribution in [0.2, 0.25) is 0 Å². The molecule has 13 nitrogen and oxygen atoms in total. The number of hydrogen-bond acceptors (Lipinski definition) is 9. The second-order valence-electron chi connectivity index (χ2n) is 11.3. The fourth-order valence-corrected chi connectivity index (χ4v) is 6.85. The molecule has 3 heterocycles. The average molecular weight is 667 g/mol. The average Bonchev–Trinajstić information content (AvgIpc) is 3.64. The van der Waals surface area contributed by atoms with Crippen LogP contribution in [0.4, 0.5) is 20.4 Å². The van der Waals surface area contributed by atoms with E-state index in [4.69, 9.17) is 16.9 Å². The van der Waals surface area contributed by atoms with Gasteiger partial charge in [0, 0.05) is 25.7 Å².